The van der Waals surface area contributed by atoms with Crippen LogP contribution in [0.3, 0.4) is 0 Å². The van der Waals surface area contributed by atoms with Crippen LogP contribution in [0, 0.1) is 29.1 Å². The normalized spacial score (nSPS) is 10.6. The van der Waals surface area contributed by atoms with Crippen molar-refractivity contribution in [3.8, 4) is 0 Å². The molecule has 0 unspecified atom stereocenters. The zero-order valence-corrected chi connectivity index (χ0v) is 9.18. The number of benzene rings is 2. The summed E-state index contributed by atoms with van der Waals surface area (Å²) in [5.41, 5.74) is -1.30. The van der Waals surface area contributed by atoms with E-state index in [1.54, 1.807) is 0 Å². The smallest absolute Gasteiger partial charge is 0.196 e. The number of hydrogen-bond donors (Lipinski definition) is 0. The molecule has 0 aliphatic heterocycles. The average Bonchev–Trinajstić information content (AvgIpc) is 2.37. The molecule has 0 heterocycles. The van der Waals surface area contributed by atoms with Gasteiger partial charge in [0.05, 0.1) is 5.56 Å². The minimum Gasteiger partial charge on any atom is -0.288 e. The second-order valence-electron chi connectivity index (χ2n) is 3.71. The Hall–Kier alpha value is -2.24. The monoisotopic (exact) mass is 272 g/mol. The Kier molecular flexibility index (Phi) is 3.33. The van der Waals surface area contributed by atoms with Gasteiger partial charge in [0.15, 0.2) is 23.2 Å². The van der Waals surface area contributed by atoms with Crippen LogP contribution in [0.5, 0.6) is 0 Å². The Morgan fingerprint density at radius 3 is 1.95 bits per heavy atom. The van der Waals surface area contributed by atoms with Crippen molar-refractivity contribution >= 4 is 5.78 Å². The number of ketones is 1. The predicted molar refractivity (Wildman–Crippen MR) is 56.1 cm³/mol. The fraction of sp³-hybridized carbons (Fsp3) is 0. The Morgan fingerprint density at radius 2 is 1.37 bits per heavy atom. The van der Waals surface area contributed by atoms with E-state index in [1.807, 2.05) is 0 Å². The molecule has 0 radical (unpaired) electrons. The second kappa shape index (κ2) is 4.79. The number of carbonyl (C=O) groups is 1. The number of rotatable bonds is 2. The molecule has 2 aromatic rings. The Balaban J connectivity index is 2.53. The molecule has 2 rings (SSSR count). The number of carbonyl (C=O) groups excluding carboxylic acids is 1. The van der Waals surface area contributed by atoms with E-state index in [2.05, 4.69) is 0 Å². The van der Waals surface area contributed by atoms with E-state index in [9.17, 15) is 26.7 Å². The van der Waals surface area contributed by atoms with Gasteiger partial charge in [0.25, 0.3) is 0 Å². The minimum absolute atomic E-state index is 0.422. The first-order valence-corrected chi connectivity index (χ1v) is 5.04. The standard InChI is InChI=1S/C13H5F5O/c14-7-1-2-9(15)8(5-7)13(19)6-3-10(16)12(18)11(17)4-6/h1-5H. The van der Waals surface area contributed by atoms with E-state index in [4.69, 9.17) is 0 Å². The lowest BCUT2D eigenvalue weighted by atomic mass is 10.0. The van der Waals surface area contributed by atoms with Crippen LogP contribution < -0.4 is 0 Å². The first-order valence-electron chi connectivity index (χ1n) is 5.04. The van der Waals surface area contributed by atoms with Crippen molar-refractivity contribution in [3.05, 3.63) is 70.5 Å². The highest BCUT2D eigenvalue weighted by Crippen LogP contribution is 2.19. The molecule has 19 heavy (non-hydrogen) atoms. The highest BCUT2D eigenvalue weighted by molar-refractivity contribution is 6.09. The van der Waals surface area contributed by atoms with Crippen LogP contribution in [0.15, 0.2) is 30.3 Å². The average molecular weight is 272 g/mol. The fourth-order valence-electron chi connectivity index (χ4n) is 1.51. The Morgan fingerprint density at radius 1 is 0.789 bits per heavy atom. The SMILES string of the molecule is O=C(c1cc(F)c(F)c(F)c1)c1cc(F)ccc1F. The molecule has 0 N–H and O–H groups in total. The van der Waals surface area contributed by atoms with Crippen LogP contribution in [0.1, 0.15) is 15.9 Å². The van der Waals surface area contributed by atoms with Crippen molar-refractivity contribution in [1.82, 2.24) is 0 Å². The summed E-state index contributed by atoms with van der Waals surface area (Å²) in [7, 11) is 0. The summed E-state index contributed by atoms with van der Waals surface area (Å²) in [5.74, 6) is -7.98. The van der Waals surface area contributed by atoms with Crippen LogP contribution in [-0.4, -0.2) is 5.78 Å². The second-order valence-corrected chi connectivity index (χ2v) is 3.71. The molecule has 6 heteroatoms. The maximum Gasteiger partial charge on any atom is 0.196 e. The number of hydrogen-bond acceptors (Lipinski definition) is 1. The van der Waals surface area contributed by atoms with Gasteiger partial charge in [-0.15, -0.1) is 0 Å². The van der Waals surface area contributed by atoms with Crippen LogP contribution >= 0.6 is 0 Å². The molecule has 0 saturated heterocycles. The van der Waals surface area contributed by atoms with Crippen LogP contribution in [-0.2, 0) is 0 Å². The summed E-state index contributed by atoms with van der Waals surface area (Å²) in [6.07, 6.45) is 0. The topological polar surface area (TPSA) is 17.1 Å². The Bertz CT molecular complexity index is 643. The molecule has 0 aliphatic carbocycles. The van der Waals surface area contributed by atoms with Gasteiger partial charge < -0.3 is 0 Å². The quantitative estimate of drug-likeness (QED) is 0.463. The van der Waals surface area contributed by atoms with E-state index in [0.29, 0.717) is 24.3 Å². The summed E-state index contributed by atoms with van der Waals surface area (Å²) in [6, 6.07) is 2.93. The van der Waals surface area contributed by atoms with Gasteiger partial charge in [0.1, 0.15) is 11.6 Å². The minimum atomic E-state index is -1.74. The summed E-state index contributed by atoms with van der Waals surface area (Å²) < 4.78 is 64.9. The van der Waals surface area contributed by atoms with Gasteiger partial charge in [-0.25, -0.2) is 22.0 Å². The molecule has 2 aromatic carbocycles. The van der Waals surface area contributed by atoms with Crippen LogP contribution in [0.4, 0.5) is 22.0 Å². The summed E-state index contributed by atoms with van der Waals surface area (Å²) in [5, 5.41) is 0. The van der Waals surface area contributed by atoms with Crippen molar-refractivity contribution in [2.24, 2.45) is 0 Å². The van der Waals surface area contributed by atoms with Gasteiger partial charge >= 0.3 is 0 Å². The third kappa shape index (κ3) is 2.47. The molecule has 0 amide bonds. The summed E-state index contributed by atoms with van der Waals surface area (Å²) in [6.45, 7) is 0. The zero-order chi connectivity index (χ0) is 14.2. The Labute approximate surface area is 104 Å². The first kappa shape index (κ1) is 13.2. The molecule has 98 valence electrons. The third-order valence-electron chi connectivity index (χ3n) is 2.42. The molecule has 0 bridgehead atoms. The van der Waals surface area contributed by atoms with Crippen molar-refractivity contribution in [3.63, 3.8) is 0 Å². The third-order valence-corrected chi connectivity index (χ3v) is 2.42. The lowest BCUT2D eigenvalue weighted by molar-refractivity contribution is 0.103. The van der Waals surface area contributed by atoms with Gasteiger partial charge in [-0.05, 0) is 30.3 Å². The lowest BCUT2D eigenvalue weighted by Gasteiger charge is -2.04. The van der Waals surface area contributed by atoms with Crippen LogP contribution in [0.25, 0.3) is 0 Å². The first-order chi connectivity index (χ1) is 8.90. The van der Waals surface area contributed by atoms with E-state index in [1.165, 1.54) is 0 Å². The van der Waals surface area contributed by atoms with Gasteiger partial charge in [-0.3, -0.25) is 4.79 Å². The van der Waals surface area contributed by atoms with E-state index in [0.717, 1.165) is 6.07 Å². The summed E-state index contributed by atoms with van der Waals surface area (Å²) >= 11 is 0. The molecule has 0 aromatic heterocycles. The molecule has 0 atom stereocenters. The molecule has 0 saturated carbocycles. The molecular formula is C13H5F5O. The van der Waals surface area contributed by atoms with Crippen LogP contribution in [0.2, 0.25) is 0 Å². The largest absolute Gasteiger partial charge is 0.288 e. The molecule has 0 aliphatic rings. The lowest BCUT2D eigenvalue weighted by Crippen LogP contribution is -2.07. The van der Waals surface area contributed by atoms with Gasteiger partial charge in [0, 0.05) is 5.56 Å². The van der Waals surface area contributed by atoms with Crippen molar-refractivity contribution in [2.45, 2.75) is 0 Å². The van der Waals surface area contributed by atoms with E-state index in [-0.39, 0.29) is 0 Å². The van der Waals surface area contributed by atoms with E-state index >= 15 is 0 Å². The van der Waals surface area contributed by atoms with Gasteiger partial charge in [-0.2, -0.15) is 0 Å². The zero-order valence-electron chi connectivity index (χ0n) is 9.18. The maximum absolute atomic E-state index is 13.3. The summed E-state index contributed by atoms with van der Waals surface area (Å²) in [4.78, 5) is 11.8. The van der Waals surface area contributed by atoms with E-state index < -0.39 is 46.0 Å². The molecule has 0 fully saturated rings. The van der Waals surface area contributed by atoms with Crippen molar-refractivity contribution < 1.29 is 26.7 Å². The van der Waals surface area contributed by atoms with Gasteiger partial charge in [-0.1, -0.05) is 0 Å². The molecule has 0 spiro atoms. The highest BCUT2D eigenvalue weighted by atomic mass is 19.2. The maximum atomic E-state index is 13.3. The number of halogens is 5. The van der Waals surface area contributed by atoms with Gasteiger partial charge in [0.2, 0.25) is 0 Å². The molecule has 1 nitrogen and oxygen atoms in total. The highest BCUT2D eigenvalue weighted by Gasteiger charge is 2.19. The fourth-order valence-corrected chi connectivity index (χ4v) is 1.51. The van der Waals surface area contributed by atoms with Crippen molar-refractivity contribution in [1.29, 1.82) is 0 Å². The van der Waals surface area contributed by atoms with Crippen molar-refractivity contribution in [2.75, 3.05) is 0 Å². The molecular weight excluding hydrogens is 267 g/mol. The predicted octanol–water partition coefficient (Wildman–Crippen LogP) is 3.61.